The molecule has 21 heavy (non-hydrogen) atoms. The maximum Gasteiger partial charge on any atom is 0.356 e. The van der Waals surface area contributed by atoms with Gasteiger partial charge in [0.05, 0.1) is 18.4 Å². The summed E-state index contributed by atoms with van der Waals surface area (Å²) < 4.78 is 15.4. The van der Waals surface area contributed by atoms with Crippen molar-refractivity contribution in [2.75, 3.05) is 7.11 Å². The van der Waals surface area contributed by atoms with E-state index in [9.17, 15) is 4.79 Å². The Hall–Kier alpha value is -2.31. The van der Waals surface area contributed by atoms with Crippen LogP contribution in [0.2, 0.25) is 0 Å². The third kappa shape index (κ3) is 3.62. The molecule has 0 saturated heterocycles. The minimum atomic E-state index is -0.484. The van der Waals surface area contributed by atoms with Crippen molar-refractivity contribution >= 4 is 5.97 Å². The van der Waals surface area contributed by atoms with Crippen LogP contribution >= 0.6 is 0 Å². The number of methoxy groups -OCH3 is 1. The Morgan fingerprint density at radius 1 is 1.48 bits per heavy atom. The predicted molar refractivity (Wildman–Crippen MR) is 74.1 cm³/mol. The summed E-state index contributed by atoms with van der Waals surface area (Å²) in [5, 5.41) is 10.5. The van der Waals surface area contributed by atoms with Gasteiger partial charge in [-0.25, -0.2) is 4.79 Å². The summed E-state index contributed by atoms with van der Waals surface area (Å²) in [5.74, 6) is 0.587. The molecule has 2 aromatic heterocycles. The highest BCUT2D eigenvalue weighted by Gasteiger charge is 2.15. The number of ether oxygens (including phenoxy) is 2. The highest BCUT2D eigenvalue weighted by molar-refractivity contribution is 5.87. The second-order valence-electron chi connectivity index (χ2n) is 4.67. The molecule has 114 valence electrons. The van der Waals surface area contributed by atoms with E-state index in [1.807, 2.05) is 6.92 Å². The third-order valence-electron chi connectivity index (χ3n) is 3.16. The number of aromatic nitrogens is 3. The highest BCUT2D eigenvalue weighted by atomic mass is 16.5. The van der Waals surface area contributed by atoms with Crippen molar-refractivity contribution in [3.05, 3.63) is 28.8 Å². The first-order valence-corrected chi connectivity index (χ1v) is 6.86. The standard InChI is InChI=1S/C14H19N3O4/c1-4-5-6-11-10(9(2)21-17-11)8-20-13-7-12(15-16-13)14(18)19-3/h7H,4-6,8H2,1-3H3,(H,15,16). The average Bonchev–Trinajstić information content (AvgIpc) is 3.09. The van der Waals surface area contributed by atoms with Crippen LogP contribution in [0.5, 0.6) is 5.88 Å². The molecule has 2 rings (SSSR count). The molecule has 2 aromatic rings. The number of unbranched alkanes of at least 4 members (excludes halogenated alkanes) is 1. The first kappa shape index (κ1) is 15.1. The highest BCUT2D eigenvalue weighted by Crippen LogP contribution is 2.18. The zero-order valence-corrected chi connectivity index (χ0v) is 12.4. The van der Waals surface area contributed by atoms with Crippen molar-refractivity contribution < 1.29 is 18.8 Å². The van der Waals surface area contributed by atoms with Gasteiger partial charge in [-0.1, -0.05) is 18.5 Å². The molecule has 0 spiro atoms. The van der Waals surface area contributed by atoms with Gasteiger partial charge in [0.1, 0.15) is 18.1 Å². The van der Waals surface area contributed by atoms with E-state index in [-0.39, 0.29) is 5.69 Å². The summed E-state index contributed by atoms with van der Waals surface area (Å²) in [6.07, 6.45) is 3.00. The molecule has 1 N–H and O–H groups in total. The van der Waals surface area contributed by atoms with E-state index in [0.29, 0.717) is 12.5 Å². The fourth-order valence-corrected chi connectivity index (χ4v) is 1.90. The molecule has 0 aliphatic heterocycles. The van der Waals surface area contributed by atoms with Gasteiger partial charge in [0, 0.05) is 6.07 Å². The molecule has 0 fully saturated rings. The summed E-state index contributed by atoms with van der Waals surface area (Å²) in [7, 11) is 1.31. The van der Waals surface area contributed by atoms with Gasteiger partial charge in [0.15, 0.2) is 0 Å². The van der Waals surface area contributed by atoms with Crippen LogP contribution in [-0.4, -0.2) is 28.4 Å². The summed E-state index contributed by atoms with van der Waals surface area (Å²) in [5.41, 5.74) is 2.10. The number of aromatic amines is 1. The summed E-state index contributed by atoms with van der Waals surface area (Å²) in [6, 6.07) is 1.50. The second kappa shape index (κ2) is 6.92. The van der Waals surface area contributed by atoms with Gasteiger partial charge in [-0.15, -0.1) is 5.10 Å². The van der Waals surface area contributed by atoms with Gasteiger partial charge in [-0.05, 0) is 19.8 Å². The maximum absolute atomic E-state index is 11.3. The Kier molecular flexibility index (Phi) is 4.97. The molecule has 0 saturated carbocycles. The first-order valence-electron chi connectivity index (χ1n) is 6.86. The number of nitrogens with zero attached hydrogens (tertiary/aromatic N) is 2. The van der Waals surface area contributed by atoms with Crippen molar-refractivity contribution in [3.8, 4) is 5.88 Å². The van der Waals surface area contributed by atoms with Crippen LogP contribution in [0, 0.1) is 6.92 Å². The van der Waals surface area contributed by atoms with Crippen molar-refractivity contribution in [2.45, 2.75) is 39.7 Å². The Balaban J connectivity index is 2.01. The molecule has 0 unspecified atom stereocenters. The largest absolute Gasteiger partial charge is 0.472 e. The minimum Gasteiger partial charge on any atom is -0.472 e. The Morgan fingerprint density at radius 2 is 2.29 bits per heavy atom. The van der Waals surface area contributed by atoms with E-state index in [0.717, 1.165) is 36.3 Å². The fourth-order valence-electron chi connectivity index (χ4n) is 1.90. The number of hydrogen-bond acceptors (Lipinski definition) is 6. The Labute approximate surface area is 122 Å². The molecule has 7 heteroatoms. The normalized spacial score (nSPS) is 10.6. The Morgan fingerprint density at radius 3 is 3.00 bits per heavy atom. The minimum absolute atomic E-state index is 0.251. The van der Waals surface area contributed by atoms with Crippen molar-refractivity contribution in [2.24, 2.45) is 0 Å². The van der Waals surface area contributed by atoms with E-state index < -0.39 is 5.97 Å². The van der Waals surface area contributed by atoms with Crippen LogP contribution in [0.3, 0.4) is 0 Å². The van der Waals surface area contributed by atoms with Crippen molar-refractivity contribution in [3.63, 3.8) is 0 Å². The SMILES string of the molecule is CCCCc1noc(C)c1COc1cc(C(=O)OC)[nH]n1. The molecule has 7 nitrogen and oxygen atoms in total. The molecule has 2 heterocycles. The molecular weight excluding hydrogens is 274 g/mol. The average molecular weight is 293 g/mol. The lowest BCUT2D eigenvalue weighted by Crippen LogP contribution is -2.01. The number of carbonyl (C=O) groups is 1. The zero-order chi connectivity index (χ0) is 15.2. The predicted octanol–water partition coefficient (Wildman–Crippen LogP) is 2.41. The summed E-state index contributed by atoms with van der Waals surface area (Å²) in [6.45, 7) is 4.28. The number of H-pyrrole nitrogens is 1. The van der Waals surface area contributed by atoms with Gasteiger partial charge in [0.2, 0.25) is 5.88 Å². The quantitative estimate of drug-likeness (QED) is 0.788. The topological polar surface area (TPSA) is 90.2 Å². The fraction of sp³-hybridized carbons (Fsp3) is 0.500. The molecule has 0 aliphatic carbocycles. The molecule has 0 aliphatic rings. The van der Waals surface area contributed by atoms with E-state index >= 15 is 0 Å². The van der Waals surface area contributed by atoms with E-state index in [2.05, 4.69) is 27.0 Å². The smallest absolute Gasteiger partial charge is 0.356 e. The second-order valence-corrected chi connectivity index (χ2v) is 4.67. The third-order valence-corrected chi connectivity index (χ3v) is 3.16. The molecular formula is C14H19N3O4. The number of aryl methyl sites for hydroxylation is 2. The van der Waals surface area contributed by atoms with Crippen LogP contribution in [0.4, 0.5) is 0 Å². The number of carbonyl (C=O) groups excluding carboxylic acids is 1. The molecule has 0 amide bonds. The van der Waals surface area contributed by atoms with Crippen LogP contribution in [0.15, 0.2) is 10.6 Å². The summed E-state index contributed by atoms with van der Waals surface area (Å²) >= 11 is 0. The zero-order valence-electron chi connectivity index (χ0n) is 12.4. The van der Waals surface area contributed by atoms with Gasteiger partial charge in [0.25, 0.3) is 0 Å². The summed E-state index contributed by atoms with van der Waals surface area (Å²) in [4.78, 5) is 11.3. The number of hydrogen-bond donors (Lipinski definition) is 1. The maximum atomic E-state index is 11.3. The van der Waals surface area contributed by atoms with Gasteiger partial charge >= 0.3 is 5.97 Å². The van der Waals surface area contributed by atoms with Crippen LogP contribution in [-0.2, 0) is 17.8 Å². The molecule has 0 radical (unpaired) electrons. The lowest BCUT2D eigenvalue weighted by Gasteiger charge is -2.03. The van der Waals surface area contributed by atoms with Crippen LogP contribution in [0.1, 0.15) is 47.3 Å². The monoisotopic (exact) mass is 293 g/mol. The Bertz CT molecular complexity index is 603. The van der Waals surface area contributed by atoms with Gasteiger partial charge < -0.3 is 14.0 Å². The van der Waals surface area contributed by atoms with Gasteiger partial charge in [-0.2, -0.15) is 0 Å². The molecule has 0 bridgehead atoms. The van der Waals surface area contributed by atoms with Crippen LogP contribution in [0.25, 0.3) is 0 Å². The van der Waals surface area contributed by atoms with Crippen molar-refractivity contribution in [1.29, 1.82) is 0 Å². The van der Waals surface area contributed by atoms with Crippen LogP contribution < -0.4 is 4.74 Å². The van der Waals surface area contributed by atoms with E-state index in [1.165, 1.54) is 13.2 Å². The van der Waals surface area contributed by atoms with E-state index in [4.69, 9.17) is 9.26 Å². The lowest BCUT2D eigenvalue weighted by molar-refractivity contribution is 0.0594. The number of rotatable bonds is 7. The van der Waals surface area contributed by atoms with E-state index in [1.54, 1.807) is 0 Å². The van der Waals surface area contributed by atoms with Gasteiger partial charge in [-0.3, -0.25) is 5.10 Å². The molecule has 0 aromatic carbocycles. The van der Waals surface area contributed by atoms with Crippen molar-refractivity contribution in [1.82, 2.24) is 15.4 Å². The number of esters is 1. The number of nitrogens with one attached hydrogen (secondary N) is 1. The molecule has 0 atom stereocenters. The first-order chi connectivity index (χ1) is 10.2. The lowest BCUT2D eigenvalue weighted by atomic mass is 10.1.